The number of benzene rings is 1. The van der Waals surface area contributed by atoms with E-state index in [0.717, 1.165) is 23.1 Å². The molecule has 1 N–H and O–H groups in total. The van der Waals surface area contributed by atoms with E-state index in [2.05, 4.69) is 40.0 Å². The lowest BCUT2D eigenvalue weighted by molar-refractivity contribution is -0.112. The lowest BCUT2D eigenvalue weighted by Crippen LogP contribution is -2.27. The van der Waals surface area contributed by atoms with Crippen LogP contribution in [0.25, 0.3) is 0 Å². The Morgan fingerprint density at radius 2 is 2.05 bits per heavy atom. The third-order valence-corrected chi connectivity index (χ3v) is 4.51. The Morgan fingerprint density at radius 1 is 1.32 bits per heavy atom. The number of rotatable bonds is 1. The van der Waals surface area contributed by atoms with Gasteiger partial charge in [-0.1, -0.05) is 6.92 Å². The van der Waals surface area contributed by atoms with Crippen LogP contribution in [0.15, 0.2) is 16.6 Å². The van der Waals surface area contributed by atoms with Crippen LogP contribution in [0, 0.1) is 5.92 Å². The van der Waals surface area contributed by atoms with Gasteiger partial charge >= 0.3 is 0 Å². The number of Topliss-reactive ketones (excluding diaryl/α,β-unsaturated/α-hetero) is 1. The molecule has 1 amide bonds. The summed E-state index contributed by atoms with van der Waals surface area (Å²) in [6.45, 7) is 5.44. The van der Waals surface area contributed by atoms with Crippen molar-refractivity contribution in [3.05, 3.63) is 22.2 Å². The maximum Gasteiger partial charge on any atom is 0.296 e. The molecule has 3 rings (SSSR count). The third-order valence-electron chi connectivity index (χ3n) is 3.88. The zero-order valence-electron chi connectivity index (χ0n) is 10.9. The van der Waals surface area contributed by atoms with E-state index in [1.807, 2.05) is 6.07 Å². The van der Waals surface area contributed by atoms with Gasteiger partial charge in [-0.15, -0.1) is 0 Å². The Bertz CT molecular complexity index is 585. The molecule has 2 aliphatic heterocycles. The molecule has 4 nitrogen and oxygen atoms in total. The van der Waals surface area contributed by atoms with Gasteiger partial charge in [-0.3, -0.25) is 9.59 Å². The van der Waals surface area contributed by atoms with Crippen LogP contribution in [0.3, 0.4) is 0 Å². The van der Waals surface area contributed by atoms with Gasteiger partial charge in [0.2, 0.25) is 0 Å². The highest BCUT2D eigenvalue weighted by Crippen LogP contribution is 2.39. The summed E-state index contributed by atoms with van der Waals surface area (Å²) in [5.74, 6) is -0.335. The SMILES string of the molecule is CC1CC(C)N(c2cc3c(cc2Br)C(=O)C(=O)N3)C1. The zero-order chi connectivity index (χ0) is 13.7. The lowest BCUT2D eigenvalue weighted by atomic mass is 10.1. The van der Waals surface area contributed by atoms with E-state index in [1.54, 1.807) is 6.07 Å². The van der Waals surface area contributed by atoms with E-state index in [9.17, 15) is 9.59 Å². The van der Waals surface area contributed by atoms with Gasteiger partial charge in [0.1, 0.15) is 0 Å². The van der Waals surface area contributed by atoms with Crippen LogP contribution in [0.2, 0.25) is 0 Å². The molecule has 5 heteroatoms. The predicted octanol–water partition coefficient (Wildman–Crippen LogP) is 2.82. The summed E-state index contributed by atoms with van der Waals surface area (Å²) >= 11 is 3.52. The highest BCUT2D eigenvalue weighted by molar-refractivity contribution is 9.10. The summed E-state index contributed by atoms with van der Waals surface area (Å²) in [6, 6.07) is 4.12. The molecule has 0 aliphatic carbocycles. The lowest BCUT2D eigenvalue weighted by Gasteiger charge is -2.25. The number of carbonyl (C=O) groups is 2. The van der Waals surface area contributed by atoms with Crippen molar-refractivity contribution in [2.45, 2.75) is 26.3 Å². The molecule has 0 saturated carbocycles. The number of fused-ring (bicyclic) bond motifs is 1. The van der Waals surface area contributed by atoms with E-state index in [1.165, 1.54) is 0 Å². The molecular formula is C14H15BrN2O2. The van der Waals surface area contributed by atoms with Crippen molar-refractivity contribution in [2.24, 2.45) is 5.92 Å². The maximum absolute atomic E-state index is 11.7. The minimum absolute atomic E-state index is 0.454. The molecule has 19 heavy (non-hydrogen) atoms. The first-order chi connectivity index (χ1) is 8.97. The Labute approximate surface area is 120 Å². The van der Waals surface area contributed by atoms with Gasteiger partial charge in [0.25, 0.3) is 11.7 Å². The molecule has 0 radical (unpaired) electrons. The molecule has 2 atom stereocenters. The number of hydrogen-bond donors (Lipinski definition) is 1. The first kappa shape index (κ1) is 12.7. The van der Waals surface area contributed by atoms with Gasteiger partial charge < -0.3 is 10.2 Å². The number of ketones is 1. The zero-order valence-corrected chi connectivity index (χ0v) is 12.5. The Hall–Kier alpha value is -1.36. The standard InChI is InChI=1S/C14H15BrN2O2/c1-7-3-8(2)17(6-7)12-5-11-9(4-10(12)15)13(18)14(19)16-11/h4-5,7-8H,3,6H2,1-2H3,(H,16,18,19). The molecule has 1 fully saturated rings. The summed E-state index contributed by atoms with van der Waals surface area (Å²) in [7, 11) is 0. The average Bonchev–Trinajstić information content (AvgIpc) is 2.81. The van der Waals surface area contributed by atoms with Crippen molar-refractivity contribution in [2.75, 3.05) is 16.8 Å². The van der Waals surface area contributed by atoms with Gasteiger partial charge in [0, 0.05) is 17.1 Å². The Morgan fingerprint density at radius 3 is 2.68 bits per heavy atom. The second-order valence-electron chi connectivity index (χ2n) is 5.47. The first-order valence-corrected chi connectivity index (χ1v) is 7.22. The summed E-state index contributed by atoms with van der Waals surface area (Å²) in [5, 5.41) is 2.63. The van der Waals surface area contributed by atoms with Crippen LogP contribution < -0.4 is 10.2 Å². The van der Waals surface area contributed by atoms with E-state index >= 15 is 0 Å². The number of nitrogens with zero attached hydrogens (tertiary/aromatic N) is 1. The van der Waals surface area contributed by atoms with Crippen molar-refractivity contribution in [3.8, 4) is 0 Å². The summed E-state index contributed by atoms with van der Waals surface area (Å²) in [6.07, 6.45) is 1.16. The molecule has 2 aliphatic rings. The molecule has 0 spiro atoms. The fourth-order valence-corrected chi connectivity index (χ4v) is 3.58. The number of hydrogen-bond acceptors (Lipinski definition) is 3. The van der Waals surface area contributed by atoms with Crippen molar-refractivity contribution in [1.82, 2.24) is 0 Å². The van der Waals surface area contributed by atoms with E-state index in [-0.39, 0.29) is 0 Å². The normalized spacial score (nSPS) is 25.7. The molecule has 2 unspecified atom stereocenters. The highest BCUT2D eigenvalue weighted by atomic mass is 79.9. The third kappa shape index (κ3) is 1.96. The van der Waals surface area contributed by atoms with Crippen molar-refractivity contribution in [1.29, 1.82) is 0 Å². The van der Waals surface area contributed by atoms with Crippen LogP contribution in [-0.2, 0) is 4.79 Å². The highest BCUT2D eigenvalue weighted by Gasteiger charge is 2.32. The Balaban J connectivity index is 2.03. The number of anilines is 2. The largest absolute Gasteiger partial charge is 0.368 e. The molecule has 1 saturated heterocycles. The number of amides is 1. The smallest absolute Gasteiger partial charge is 0.296 e. The fraction of sp³-hybridized carbons (Fsp3) is 0.429. The first-order valence-electron chi connectivity index (χ1n) is 6.43. The molecule has 1 aromatic carbocycles. The second kappa shape index (κ2) is 4.34. The molecular weight excluding hydrogens is 308 g/mol. The van der Waals surface area contributed by atoms with Crippen LogP contribution in [0.4, 0.5) is 11.4 Å². The molecule has 0 aromatic heterocycles. The topological polar surface area (TPSA) is 49.4 Å². The second-order valence-corrected chi connectivity index (χ2v) is 6.33. The van der Waals surface area contributed by atoms with Gasteiger partial charge in [0.05, 0.1) is 16.9 Å². The Kier molecular flexibility index (Phi) is 2.89. The van der Waals surface area contributed by atoms with Crippen molar-refractivity contribution >= 4 is 39.0 Å². The van der Waals surface area contributed by atoms with Crippen molar-refractivity contribution < 1.29 is 9.59 Å². The van der Waals surface area contributed by atoms with E-state index < -0.39 is 11.7 Å². The maximum atomic E-state index is 11.7. The summed E-state index contributed by atoms with van der Waals surface area (Å²) < 4.78 is 0.872. The molecule has 100 valence electrons. The summed E-state index contributed by atoms with van der Waals surface area (Å²) in [4.78, 5) is 25.4. The number of nitrogens with one attached hydrogen (secondary N) is 1. The van der Waals surface area contributed by atoms with Crippen molar-refractivity contribution in [3.63, 3.8) is 0 Å². The predicted molar refractivity (Wildman–Crippen MR) is 77.7 cm³/mol. The van der Waals surface area contributed by atoms with Crippen LogP contribution >= 0.6 is 15.9 Å². The quantitative estimate of drug-likeness (QED) is 0.809. The van der Waals surface area contributed by atoms with Gasteiger partial charge in [-0.05, 0) is 47.3 Å². The number of halogens is 1. The van der Waals surface area contributed by atoms with E-state index in [0.29, 0.717) is 23.2 Å². The van der Waals surface area contributed by atoms with Gasteiger partial charge in [-0.2, -0.15) is 0 Å². The summed E-state index contributed by atoms with van der Waals surface area (Å²) in [5.41, 5.74) is 2.13. The minimum atomic E-state index is -0.540. The monoisotopic (exact) mass is 322 g/mol. The average molecular weight is 323 g/mol. The van der Waals surface area contributed by atoms with Crippen LogP contribution in [0.5, 0.6) is 0 Å². The van der Waals surface area contributed by atoms with Gasteiger partial charge in [0.15, 0.2) is 0 Å². The fourth-order valence-electron chi connectivity index (χ4n) is 3.01. The van der Waals surface area contributed by atoms with E-state index in [4.69, 9.17) is 0 Å². The number of carbonyl (C=O) groups excluding carboxylic acids is 2. The van der Waals surface area contributed by atoms with Crippen LogP contribution in [0.1, 0.15) is 30.6 Å². The molecule has 1 aromatic rings. The van der Waals surface area contributed by atoms with Gasteiger partial charge in [-0.25, -0.2) is 0 Å². The van der Waals surface area contributed by atoms with Crippen LogP contribution in [-0.4, -0.2) is 24.3 Å². The molecule has 0 bridgehead atoms. The molecule has 2 heterocycles. The minimum Gasteiger partial charge on any atom is -0.368 e.